The molecule has 196 valence electrons. The van der Waals surface area contributed by atoms with Crippen LogP contribution >= 0.6 is 34.7 Å². The summed E-state index contributed by atoms with van der Waals surface area (Å²) >= 11 is 9.51. The molecule has 0 N–H and O–H groups in total. The van der Waals surface area contributed by atoms with Gasteiger partial charge < -0.3 is 9.80 Å². The zero-order valence-corrected chi connectivity index (χ0v) is 23.4. The number of benzene rings is 2. The summed E-state index contributed by atoms with van der Waals surface area (Å²) in [6.45, 7) is 3.70. The summed E-state index contributed by atoms with van der Waals surface area (Å²) in [5.41, 5.74) is 1.77. The summed E-state index contributed by atoms with van der Waals surface area (Å²) in [7, 11) is 0. The van der Waals surface area contributed by atoms with E-state index in [-0.39, 0.29) is 17.9 Å². The first kappa shape index (κ1) is 26.5. The molecule has 0 saturated carbocycles. The molecule has 1 aliphatic rings. The van der Waals surface area contributed by atoms with Crippen LogP contribution < -0.4 is 0 Å². The fourth-order valence-electron chi connectivity index (χ4n) is 4.56. The Morgan fingerprint density at radius 1 is 1.03 bits per heavy atom. The van der Waals surface area contributed by atoms with E-state index in [4.69, 9.17) is 11.6 Å². The molecule has 2 aromatic heterocycles. The van der Waals surface area contributed by atoms with Gasteiger partial charge in [0, 0.05) is 49.1 Å². The Labute approximate surface area is 235 Å². The molecular formula is C28H28ClN5O2S2. The number of thiophene rings is 1. The molecule has 38 heavy (non-hydrogen) atoms. The number of aromatic nitrogens is 3. The summed E-state index contributed by atoms with van der Waals surface area (Å²) in [6.07, 6.45) is 1.17. The monoisotopic (exact) mass is 565 g/mol. The lowest BCUT2D eigenvalue weighted by molar-refractivity contribution is -0.133. The average molecular weight is 566 g/mol. The van der Waals surface area contributed by atoms with Crippen LogP contribution in [0.4, 0.5) is 0 Å². The number of hydrogen-bond donors (Lipinski definition) is 0. The minimum absolute atomic E-state index is 0.00988. The number of para-hydroxylation sites is 1. The van der Waals surface area contributed by atoms with Gasteiger partial charge in [0.05, 0.1) is 9.90 Å². The normalized spacial score (nSPS) is 15.6. The summed E-state index contributed by atoms with van der Waals surface area (Å²) < 4.78 is 2.01. The number of halogens is 1. The fourth-order valence-corrected chi connectivity index (χ4v) is 6.35. The van der Waals surface area contributed by atoms with Crippen LogP contribution in [-0.4, -0.2) is 67.8 Å². The fraction of sp³-hybridized carbons (Fsp3) is 0.286. The van der Waals surface area contributed by atoms with Crippen molar-refractivity contribution in [2.45, 2.75) is 31.0 Å². The third-order valence-electron chi connectivity index (χ3n) is 6.50. The van der Waals surface area contributed by atoms with Crippen molar-refractivity contribution in [1.29, 1.82) is 0 Å². The largest absolute Gasteiger partial charge is 0.339 e. The van der Waals surface area contributed by atoms with Gasteiger partial charge >= 0.3 is 0 Å². The van der Waals surface area contributed by atoms with Gasteiger partial charge in [0.1, 0.15) is 0 Å². The number of thioether (sulfide) groups is 1. The van der Waals surface area contributed by atoms with Crippen molar-refractivity contribution in [3.05, 3.63) is 82.0 Å². The second-order valence-electron chi connectivity index (χ2n) is 9.07. The molecule has 1 unspecified atom stereocenters. The van der Waals surface area contributed by atoms with Crippen LogP contribution in [0.1, 0.15) is 29.4 Å². The van der Waals surface area contributed by atoms with Gasteiger partial charge in [-0.1, -0.05) is 59.8 Å². The highest BCUT2D eigenvalue weighted by Crippen LogP contribution is 2.32. The van der Waals surface area contributed by atoms with E-state index in [1.54, 1.807) is 11.8 Å². The Morgan fingerprint density at radius 3 is 2.55 bits per heavy atom. The third-order valence-corrected chi connectivity index (χ3v) is 8.70. The van der Waals surface area contributed by atoms with Crippen molar-refractivity contribution in [3.63, 3.8) is 0 Å². The number of amides is 2. The zero-order chi connectivity index (χ0) is 26.5. The van der Waals surface area contributed by atoms with E-state index in [0.717, 1.165) is 33.5 Å². The molecule has 1 fully saturated rings. The molecule has 0 radical (unpaired) electrons. The van der Waals surface area contributed by atoms with Gasteiger partial charge in [0.2, 0.25) is 5.91 Å². The number of hydrogen-bond acceptors (Lipinski definition) is 6. The van der Waals surface area contributed by atoms with E-state index in [1.807, 2.05) is 93.4 Å². The molecule has 10 heteroatoms. The maximum atomic E-state index is 12.9. The Kier molecular flexibility index (Phi) is 8.46. The smallest absolute Gasteiger partial charge is 0.264 e. The Bertz CT molecular complexity index is 1390. The maximum Gasteiger partial charge on any atom is 0.264 e. The van der Waals surface area contributed by atoms with Crippen molar-refractivity contribution in [2.24, 2.45) is 0 Å². The molecule has 1 aliphatic heterocycles. The molecule has 2 aromatic carbocycles. The first-order valence-electron chi connectivity index (χ1n) is 12.5. The Balaban J connectivity index is 1.19. The van der Waals surface area contributed by atoms with Crippen LogP contribution in [0.5, 0.6) is 0 Å². The molecular weight excluding hydrogens is 538 g/mol. The third kappa shape index (κ3) is 5.80. The predicted molar refractivity (Wildman–Crippen MR) is 153 cm³/mol. The van der Waals surface area contributed by atoms with Crippen molar-refractivity contribution >= 4 is 46.5 Å². The second kappa shape index (κ2) is 12.1. The van der Waals surface area contributed by atoms with Crippen LogP contribution in [0.2, 0.25) is 5.02 Å². The minimum atomic E-state index is -0.00988. The SMILES string of the molecule is CC1CN(C(=O)CCCSc2nnc(-c3ccccc3Cl)n2-c2ccccc2)CCN1C(=O)c1cccs1. The van der Waals surface area contributed by atoms with Crippen molar-refractivity contribution in [1.82, 2.24) is 24.6 Å². The van der Waals surface area contributed by atoms with E-state index in [1.165, 1.54) is 11.3 Å². The molecule has 2 amide bonds. The lowest BCUT2D eigenvalue weighted by Crippen LogP contribution is -2.55. The summed E-state index contributed by atoms with van der Waals surface area (Å²) in [5, 5.41) is 12.2. The highest BCUT2D eigenvalue weighted by molar-refractivity contribution is 7.99. The summed E-state index contributed by atoms with van der Waals surface area (Å²) in [6, 6.07) is 21.3. The zero-order valence-electron chi connectivity index (χ0n) is 21.0. The first-order valence-corrected chi connectivity index (χ1v) is 14.8. The molecule has 0 aliphatic carbocycles. The standard InChI is InChI=1S/C28H28ClN5O2S2/c1-20-19-32(15-16-33(20)27(36)24-13-7-17-37-24)25(35)14-8-18-38-28-31-30-26(22-11-5-6-12-23(22)29)34(28)21-9-3-2-4-10-21/h2-7,9-13,17,20H,8,14-16,18-19H2,1H3. The molecule has 4 aromatic rings. The molecule has 1 atom stereocenters. The summed E-state index contributed by atoms with van der Waals surface area (Å²) in [5.74, 6) is 1.59. The quantitative estimate of drug-likeness (QED) is 0.197. The highest BCUT2D eigenvalue weighted by Gasteiger charge is 2.30. The highest BCUT2D eigenvalue weighted by atomic mass is 35.5. The van der Waals surface area contributed by atoms with E-state index >= 15 is 0 Å². The van der Waals surface area contributed by atoms with Gasteiger partial charge in [-0.05, 0) is 49.1 Å². The first-order chi connectivity index (χ1) is 18.5. The second-order valence-corrected chi connectivity index (χ2v) is 11.5. The Hall–Kier alpha value is -3.14. The van der Waals surface area contributed by atoms with Gasteiger partial charge in [-0.3, -0.25) is 14.2 Å². The molecule has 0 bridgehead atoms. The minimum Gasteiger partial charge on any atom is -0.339 e. The molecule has 7 nitrogen and oxygen atoms in total. The van der Waals surface area contributed by atoms with Crippen LogP contribution in [0.15, 0.2) is 77.3 Å². The van der Waals surface area contributed by atoms with Crippen LogP contribution in [-0.2, 0) is 4.79 Å². The predicted octanol–water partition coefficient (Wildman–Crippen LogP) is 5.89. The molecule has 1 saturated heterocycles. The lowest BCUT2D eigenvalue weighted by atomic mass is 10.1. The number of rotatable bonds is 8. The van der Waals surface area contributed by atoms with E-state index in [2.05, 4.69) is 10.2 Å². The number of carbonyl (C=O) groups is 2. The average Bonchev–Trinajstić information content (AvgIpc) is 3.62. The lowest BCUT2D eigenvalue weighted by Gasteiger charge is -2.39. The number of carbonyl (C=O) groups excluding carboxylic acids is 2. The molecule has 0 spiro atoms. The van der Waals surface area contributed by atoms with Crippen LogP contribution in [0.3, 0.4) is 0 Å². The number of piperazine rings is 1. The Morgan fingerprint density at radius 2 is 1.82 bits per heavy atom. The number of nitrogens with zero attached hydrogens (tertiary/aromatic N) is 5. The van der Waals surface area contributed by atoms with Crippen molar-refractivity contribution in [3.8, 4) is 17.1 Å². The maximum absolute atomic E-state index is 12.9. The van der Waals surface area contributed by atoms with E-state index in [9.17, 15) is 9.59 Å². The van der Waals surface area contributed by atoms with Gasteiger partial charge in [-0.15, -0.1) is 21.5 Å². The van der Waals surface area contributed by atoms with Crippen molar-refractivity contribution in [2.75, 3.05) is 25.4 Å². The topological polar surface area (TPSA) is 71.3 Å². The van der Waals surface area contributed by atoms with Crippen LogP contribution in [0.25, 0.3) is 17.1 Å². The van der Waals surface area contributed by atoms with E-state index < -0.39 is 0 Å². The summed E-state index contributed by atoms with van der Waals surface area (Å²) in [4.78, 5) is 30.2. The molecule has 5 rings (SSSR count). The van der Waals surface area contributed by atoms with Gasteiger partial charge in [0.15, 0.2) is 11.0 Å². The van der Waals surface area contributed by atoms with E-state index in [0.29, 0.717) is 36.9 Å². The van der Waals surface area contributed by atoms with Gasteiger partial charge in [-0.25, -0.2) is 0 Å². The van der Waals surface area contributed by atoms with Crippen molar-refractivity contribution < 1.29 is 9.59 Å². The van der Waals surface area contributed by atoms with Crippen LogP contribution in [0, 0.1) is 0 Å². The molecule has 3 heterocycles. The van der Waals surface area contributed by atoms with Gasteiger partial charge in [0.25, 0.3) is 5.91 Å². The van der Waals surface area contributed by atoms with Gasteiger partial charge in [-0.2, -0.15) is 0 Å².